The van der Waals surface area contributed by atoms with Crippen LogP contribution in [0.25, 0.3) is 69.1 Å². The molecule has 0 unspecified atom stereocenters. The van der Waals surface area contributed by atoms with E-state index in [1.165, 1.54) is 62.8 Å². The first-order valence-electron chi connectivity index (χ1n) is 13.6. The number of para-hydroxylation sites is 2. The van der Waals surface area contributed by atoms with Crippen LogP contribution in [-0.2, 0) is 6.42 Å². The molecule has 194 valence electrons. The van der Waals surface area contributed by atoms with Gasteiger partial charge in [0.25, 0.3) is 0 Å². The van der Waals surface area contributed by atoms with Gasteiger partial charge in [-0.05, 0) is 78.0 Å². The van der Waals surface area contributed by atoms with Crippen LogP contribution in [0.3, 0.4) is 0 Å². The molecule has 1 aliphatic carbocycles. The lowest BCUT2D eigenvalue weighted by atomic mass is 9.92. The number of nitrogens with zero attached hydrogens (tertiary/aromatic N) is 4. The number of pyridine rings is 2. The maximum Gasteiger partial charge on any atom is 0.0647 e. The number of fused-ring (bicyclic) bond motifs is 6. The van der Waals surface area contributed by atoms with Gasteiger partial charge in [-0.3, -0.25) is 9.97 Å². The molecule has 0 spiro atoms. The number of benzene rings is 4. The Morgan fingerprint density at radius 3 is 1.78 bits per heavy atom. The normalized spacial score (nSPS) is 12.7. The van der Waals surface area contributed by atoms with Crippen molar-refractivity contribution in [3.05, 3.63) is 127 Å². The van der Waals surface area contributed by atoms with E-state index in [1.807, 2.05) is 47.5 Å². The van der Waals surface area contributed by atoms with Gasteiger partial charge < -0.3 is 9.13 Å². The molecule has 0 aliphatic heterocycles. The van der Waals surface area contributed by atoms with Gasteiger partial charge in [-0.15, -0.1) is 22.7 Å². The summed E-state index contributed by atoms with van der Waals surface area (Å²) < 4.78 is 9.92. The van der Waals surface area contributed by atoms with Crippen LogP contribution in [-0.4, -0.2) is 19.1 Å². The van der Waals surface area contributed by atoms with Crippen molar-refractivity contribution >= 4 is 80.4 Å². The standard InChI is InChI=1S/C35H22N4S2/c1-4-11-32-27(8-1)38(23-12-16-36-17-13-23)29-20-22-6-5-7-25-33(22)26(35(29)41-32)21-30-34(25)40-31-10-3-2-9-28(31)39(30)24-14-18-37-19-15-24/h1-5,7-21H,6H2. The van der Waals surface area contributed by atoms with E-state index in [0.29, 0.717) is 0 Å². The molecule has 4 nitrogen and oxygen atoms in total. The predicted octanol–water partition coefficient (Wildman–Crippen LogP) is 9.64. The Balaban J connectivity index is 1.54. The van der Waals surface area contributed by atoms with E-state index in [2.05, 4.69) is 116 Å². The van der Waals surface area contributed by atoms with Gasteiger partial charge in [0.15, 0.2) is 0 Å². The summed E-state index contributed by atoms with van der Waals surface area (Å²) in [5, 5.41) is 2.67. The number of hydrogen-bond acceptors (Lipinski definition) is 4. The van der Waals surface area contributed by atoms with E-state index in [9.17, 15) is 0 Å². The van der Waals surface area contributed by atoms with Crippen LogP contribution in [0, 0.1) is 0 Å². The van der Waals surface area contributed by atoms with Crippen molar-refractivity contribution in [2.24, 2.45) is 0 Å². The van der Waals surface area contributed by atoms with Crippen molar-refractivity contribution in [1.82, 2.24) is 19.1 Å². The minimum atomic E-state index is 0.918. The van der Waals surface area contributed by atoms with Crippen LogP contribution in [0.4, 0.5) is 0 Å². The molecule has 4 heterocycles. The third kappa shape index (κ3) is 3.38. The molecule has 4 aromatic carbocycles. The number of aromatic nitrogens is 4. The molecule has 0 amide bonds. The van der Waals surface area contributed by atoms with Gasteiger partial charge in [-0.25, -0.2) is 0 Å². The summed E-state index contributed by atoms with van der Waals surface area (Å²) in [6, 6.07) is 30.7. The van der Waals surface area contributed by atoms with Crippen molar-refractivity contribution < 1.29 is 0 Å². The highest BCUT2D eigenvalue weighted by molar-refractivity contribution is 7.25. The van der Waals surface area contributed by atoms with Gasteiger partial charge >= 0.3 is 0 Å². The van der Waals surface area contributed by atoms with Crippen molar-refractivity contribution in [2.45, 2.75) is 6.42 Å². The molecule has 9 rings (SSSR count). The number of allylic oxidation sites excluding steroid dienone is 1. The van der Waals surface area contributed by atoms with Crippen LogP contribution in [0.15, 0.2) is 116 Å². The summed E-state index contributed by atoms with van der Waals surface area (Å²) in [4.78, 5) is 8.62. The Bertz CT molecular complexity index is 2390. The Morgan fingerprint density at radius 1 is 0.585 bits per heavy atom. The highest BCUT2D eigenvalue weighted by atomic mass is 32.1. The van der Waals surface area contributed by atoms with Crippen molar-refractivity contribution in [1.29, 1.82) is 0 Å². The maximum atomic E-state index is 4.32. The molecular formula is C35H22N4S2. The van der Waals surface area contributed by atoms with Gasteiger partial charge in [0.2, 0.25) is 0 Å². The molecule has 0 N–H and O–H groups in total. The first-order chi connectivity index (χ1) is 20.3. The summed E-state index contributed by atoms with van der Waals surface area (Å²) >= 11 is 3.76. The molecular weight excluding hydrogens is 541 g/mol. The molecule has 0 saturated carbocycles. The van der Waals surface area contributed by atoms with E-state index in [0.717, 1.165) is 17.8 Å². The van der Waals surface area contributed by atoms with E-state index in [4.69, 9.17) is 0 Å². The van der Waals surface area contributed by atoms with E-state index < -0.39 is 0 Å². The average Bonchev–Trinajstić information content (AvgIpc) is 3.04. The summed E-state index contributed by atoms with van der Waals surface area (Å²) in [5.74, 6) is 0. The Morgan fingerprint density at radius 2 is 1.15 bits per heavy atom. The van der Waals surface area contributed by atoms with Gasteiger partial charge in [0, 0.05) is 47.1 Å². The number of hydrogen-bond donors (Lipinski definition) is 0. The van der Waals surface area contributed by atoms with Crippen molar-refractivity contribution in [2.75, 3.05) is 0 Å². The van der Waals surface area contributed by atoms with Gasteiger partial charge in [0.1, 0.15) is 0 Å². The Labute approximate surface area is 243 Å². The van der Waals surface area contributed by atoms with E-state index in [1.54, 1.807) is 0 Å². The van der Waals surface area contributed by atoms with Crippen LogP contribution in [0.2, 0.25) is 0 Å². The summed E-state index contributed by atoms with van der Waals surface area (Å²) in [5.41, 5.74) is 9.75. The molecule has 1 aliphatic rings. The van der Waals surface area contributed by atoms with E-state index in [-0.39, 0.29) is 0 Å². The monoisotopic (exact) mass is 562 g/mol. The molecule has 0 saturated heterocycles. The smallest absolute Gasteiger partial charge is 0.0647 e. The molecule has 8 aromatic rings. The Kier molecular flexibility index (Phi) is 4.97. The first-order valence-corrected chi connectivity index (χ1v) is 15.3. The van der Waals surface area contributed by atoms with Crippen LogP contribution >= 0.6 is 22.7 Å². The van der Waals surface area contributed by atoms with E-state index >= 15 is 0 Å². The minimum Gasteiger partial charge on any atom is -0.308 e. The quantitative estimate of drug-likeness (QED) is 0.155. The third-order valence-corrected chi connectivity index (χ3v) is 10.4. The molecule has 0 fully saturated rings. The maximum absolute atomic E-state index is 4.32. The molecule has 0 atom stereocenters. The zero-order valence-electron chi connectivity index (χ0n) is 21.9. The fourth-order valence-corrected chi connectivity index (χ4v) is 8.61. The summed E-state index contributed by atoms with van der Waals surface area (Å²) in [6.07, 6.45) is 13.1. The van der Waals surface area contributed by atoms with Crippen LogP contribution < -0.4 is 0 Å². The lowest BCUT2D eigenvalue weighted by molar-refractivity contribution is 1.14. The molecule has 0 radical (unpaired) electrons. The fraction of sp³-hybridized carbons (Fsp3) is 0.0286. The summed E-state index contributed by atoms with van der Waals surface area (Å²) in [7, 11) is 0. The van der Waals surface area contributed by atoms with Crippen LogP contribution in [0.5, 0.6) is 0 Å². The lowest BCUT2D eigenvalue weighted by Gasteiger charge is -2.23. The second-order valence-electron chi connectivity index (χ2n) is 10.3. The lowest BCUT2D eigenvalue weighted by Crippen LogP contribution is -2.04. The fourth-order valence-electron chi connectivity index (χ4n) is 6.29. The average molecular weight is 563 g/mol. The van der Waals surface area contributed by atoms with Crippen molar-refractivity contribution in [3.8, 4) is 11.4 Å². The SMILES string of the molecule is C1=Cc2c3sc4ccccc4n(-c4ccncc4)c3cc3c2c(cc2c3sc3ccccc3n2-c2ccncc2)C1. The zero-order chi connectivity index (χ0) is 26.9. The van der Waals surface area contributed by atoms with Crippen LogP contribution in [0.1, 0.15) is 11.1 Å². The highest BCUT2D eigenvalue weighted by Gasteiger charge is 2.21. The molecule has 0 bridgehead atoms. The zero-order valence-corrected chi connectivity index (χ0v) is 23.5. The second kappa shape index (κ2) is 8.86. The predicted molar refractivity (Wildman–Crippen MR) is 174 cm³/mol. The second-order valence-corrected chi connectivity index (χ2v) is 12.4. The van der Waals surface area contributed by atoms with Gasteiger partial charge in [-0.2, -0.15) is 0 Å². The minimum absolute atomic E-state index is 0.918. The Hall–Kier alpha value is -4.78. The highest BCUT2D eigenvalue weighted by Crippen LogP contribution is 2.45. The topological polar surface area (TPSA) is 35.6 Å². The third-order valence-electron chi connectivity index (χ3n) is 7.99. The van der Waals surface area contributed by atoms with Gasteiger partial charge in [0.05, 0.1) is 40.9 Å². The summed E-state index contributed by atoms with van der Waals surface area (Å²) in [6.45, 7) is 0. The molecule has 41 heavy (non-hydrogen) atoms. The van der Waals surface area contributed by atoms with Crippen molar-refractivity contribution in [3.63, 3.8) is 0 Å². The number of rotatable bonds is 2. The molecule has 6 heteroatoms. The van der Waals surface area contributed by atoms with Gasteiger partial charge in [-0.1, -0.05) is 36.4 Å². The first kappa shape index (κ1) is 23.0. The largest absolute Gasteiger partial charge is 0.308 e. The molecule has 4 aromatic heterocycles.